The number of carbonyl (C=O) groups excluding carboxylic acids is 1. The third kappa shape index (κ3) is 3.82. The van der Waals surface area contributed by atoms with E-state index in [1.165, 1.54) is 0 Å². The Morgan fingerprint density at radius 3 is 1.93 bits per heavy atom. The molecule has 0 saturated carbocycles. The predicted octanol–water partition coefficient (Wildman–Crippen LogP) is 4.37. The monoisotopic (exact) mass is 357 g/mol. The summed E-state index contributed by atoms with van der Waals surface area (Å²) in [5.41, 5.74) is 6.04. The van der Waals surface area contributed by atoms with Crippen LogP contribution in [0.15, 0.2) is 96.2 Å². The molecule has 0 unspecified atom stereocenters. The molecular weight excluding hydrogens is 338 g/mol. The number of nitrogens with zero attached hydrogens (tertiary/aromatic N) is 2. The Morgan fingerprint density at radius 2 is 1.37 bits per heavy atom. The van der Waals surface area contributed by atoms with Crippen LogP contribution in [0.5, 0.6) is 0 Å². The quantitative estimate of drug-likeness (QED) is 0.690. The molecule has 3 aromatic rings. The topological polar surface area (TPSA) is 53.9 Å². The van der Waals surface area contributed by atoms with E-state index in [0.29, 0.717) is 12.1 Å². The lowest BCUT2D eigenvalue weighted by Gasteiger charge is -2.25. The first-order valence-electron chi connectivity index (χ1n) is 8.80. The molecule has 0 radical (unpaired) electrons. The van der Waals surface area contributed by atoms with Crippen LogP contribution in [0.25, 0.3) is 0 Å². The van der Waals surface area contributed by atoms with Gasteiger partial charge in [-0.2, -0.15) is 0 Å². The zero-order valence-electron chi connectivity index (χ0n) is 14.7. The molecule has 4 rings (SSSR count). The summed E-state index contributed by atoms with van der Waals surface area (Å²) in [6, 6.07) is 29.1. The highest BCUT2D eigenvalue weighted by Crippen LogP contribution is 2.28. The Balaban J connectivity index is 1.51. The van der Waals surface area contributed by atoms with Crippen molar-refractivity contribution < 1.29 is 9.63 Å². The molecule has 0 aliphatic carbocycles. The van der Waals surface area contributed by atoms with E-state index in [0.717, 1.165) is 16.9 Å². The molecule has 1 heterocycles. The van der Waals surface area contributed by atoms with Gasteiger partial charge in [-0.05, 0) is 29.8 Å². The maximum absolute atomic E-state index is 12.8. The lowest BCUT2D eigenvalue weighted by Crippen LogP contribution is -2.42. The van der Waals surface area contributed by atoms with E-state index in [9.17, 15) is 4.79 Å². The van der Waals surface area contributed by atoms with Gasteiger partial charge in [0.15, 0.2) is 11.8 Å². The first-order valence-corrected chi connectivity index (χ1v) is 8.80. The van der Waals surface area contributed by atoms with E-state index in [4.69, 9.17) is 4.84 Å². The van der Waals surface area contributed by atoms with Crippen molar-refractivity contribution in [2.45, 2.75) is 12.5 Å². The van der Waals surface area contributed by atoms with Crippen molar-refractivity contribution in [3.05, 3.63) is 96.6 Å². The summed E-state index contributed by atoms with van der Waals surface area (Å²) >= 11 is 0. The minimum absolute atomic E-state index is 0.228. The van der Waals surface area contributed by atoms with Crippen molar-refractivity contribution in [3.8, 4) is 0 Å². The first-order chi connectivity index (χ1) is 13.3. The lowest BCUT2D eigenvalue weighted by molar-refractivity contribution is -0.114. The van der Waals surface area contributed by atoms with E-state index >= 15 is 0 Å². The molecule has 5 nitrogen and oxygen atoms in total. The number of rotatable bonds is 5. The van der Waals surface area contributed by atoms with Gasteiger partial charge in [0, 0.05) is 6.42 Å². The molecule has 3 aromatic carbocycles. The minimum Gasteiger partial charge on any atom is -0.387 e. The van der Waals surface area contributed by atoms with E-state index in [1.54, 1.807) is 5.01 Å². The fraction of sp³-hybridized carbons (Fsp3) is 0.0909. The second-order valence-corrected chi connectivity index (χ2v) is 6.19. The van der Waals surface area contributed by atoms with Gasteiger partial charge in [-0.15, -0.1) is 0 Å². The van der Waals surface area contributed by atoms with Crippen molar-refractivity contribution >= 4 is 23.0 Å². The number of para-hydroxylation sites is 2. The highest BCUT2D eigenvalue weighted by molar-refractivity contribution is 6.39. The normalized spacial score (nSPS) is 15.6. The number of hydrogen-bond acceptors (Lipinski definition) is 4. The molecule has 27 heavy (non-hydrogen) atoms. The third-order valence-corrected chi connectivity index (χ3v) is 4.34. The molecule has 134 valence electrons. The van der Waals surface area contributed by atoms with Gasteiger partial charge in [-0.25, -0.2) is 0 Å². The van der Waals surface area contributed by atoms with E-state index in [2.05, 4.69) is 10.6 Å². The number of hydrazine groups is 1. The van der Waals surface area contributed by atoms with E-state index < -0.39 is 0 Å². The van der Waals surface area contributed by atoms with Crippen LogP contribution in [0, 0.1) is 0 Å². The highest BCUT2D eigenvalue weighted by Gasteiger charge is 2.28. The van der Waals surface area contributed by atoms with Gasteiger partial charge in [0.25, 0.3) is 5.91 Å². The minimum atomic E-state index is -0.277. The fourth-order valence-corrected chi connectivity index (χ4v) is 2.96. The average Bonchev–Trinajstić information content (AvgIpc) is 3.24. The molecular formula is C22H19N3O2. The van der Waals surface area contributed by atoms with Gasteiger partial charge in [0.1, 0.15) is 0 Å². The molecule has 1 aliphatic rings. The molecule has 0 fully saturated rings. The molecule has 1 amide bonds. The van der Waals surface area contributed by atoms with Crippen molar-refractivity contribution in [3.63, 3.8) is 0 Å². The molecule has 0 bridgehead atoms. The Bertz CT molecular complexity index is 888. The zero-order valence-corrected chi connectivity index (χ0v) is 14.7. The summed E-state index contributed by atoms with van der Waals surface area (Å²) in [4.78, 5) is 18.3. The van der Waals surface area contributed by atoms with Gasteiger partial charge in [-0.1, -0.05) is 71.9 Å². The molecule has 5 heteroatoms. The fourth-order valence-electron chi connectivity index (χ4n) is 2.96. The number of benzene rings is 3. The lowest BCUT2D eigenvalue weighted by atomic mass is 10.0. The number of nitrogens with one attached hydrogen (secondary N) is 1. The van der Waals surface area contributed by atoms with Gasteiger partial charge in [0.2, 0.25) is 0 Å². The van der Waals surface area contributed by atoms with Crippen molar-refractivity contribution in [1.29, 1.82) is 0 Å². The van der Waals surface area contributed by atoms with Gasteiger partial charge in [-0.3, -0.25) is 15.2 Å². The van der Waals surface area contributed by atoms with Crippen molar-refractivity contribution in [2.75, 3.05) is 5.01 Å². The van der Waals surface area contributed by atoms with Crippen LogP contribution in [0.1, 0.15) is 18.1 Å². The summed E-state index contributed by atoms with van der Waals surface area (Å²) in [5.74, 6) is -0.277. The highest BCUT2D eigenvalue weighted by atomic mass is 16.6. The van der Waals surface area contributed by atoms with Gasteiger partial charge < -0.3 is 4.84 Å². The molecule has 0 aromatic heterocycles. The summed E-state index contributed by atoms with van der Waals surface area (Å²) in [7, 11) is 0. The van der Waals surface area contributed by atoms with Crippen LogP contribution in [-0.2, 0) is 9.63 Å². The van der Waals surface area contributed by atoms with Crippen molar-refractivity contribution in [2.24, 2.45) is 5.16 Å². The number of amides is 1. The number of hydrogen-bond donors (Lipinski definition) is 1. The molecule has 0 spiro atoms. The van der Waals surface area contributed by atoms with Crippen molar-refractivity contribution in [1.82, 2.24) is 5.43 Å². The Labute approximate surface area is 157 Å². The van der Waals surface area contributed by atoms with Gasteiger partial charge >= 0.3 is 0 Å². The van der Waals surface area contributed by atoms with Gasteiger partial charge in [0.05, 0.1) is 11.4 Å². The Morgan fingerprint density at radius 1 is 0.852 bits per heavy atom. The largest absolute Gasteiger partial charge is 0.387 e. The van der Waals surface area contributed by atoms with E-state index in [-0.39, 0.29) is 12.0 Å². The van der Waals surface area contributed by atoms with Crippen LogP contribution >= 0.6 is 0 Å². The Kier molecular flexibility index (Phi) is 4.83. The first kappa shape index (κ1) is 16.8. The maximum atomic E-state index is 12.8. The molecule has 1 N–H and O–H groups in total. The molecule has 0 saturated heterocycles. The van der Waals surface area contributed by atoms with Crippen LogP contribution in [0.4, 0.5) is 11.4 Å². The van der Waals surface area contributed by atoms with Crippen LogP contribution in [0.2, 0.25) is 0 Å². The van der Waals surface area contributed by atoms with Crippen LogP contribution in [0.3, 0.4) is 0 Å². The summed E-state index contributed by atoms with van der Waals surface area (Å²) in [6.45, 7) is 0. The predicted molar refractivity (Wildman–Crippen MR) is 105 cm³/mol. The number of anilines is 2. The zero-order chi connectivity index (χ0) is 18.5. The third-order valence-electron chi connectivity index (χ3n) is 4.34. The SMILES string of the molecule is O=C(NN(c1ccccc1)c1ccccc1)C1=NO[C@@H](c2ccccc2)C1. The standard InChI is InChI=1S/C22H19N3O2/c26-22(20-16-21(27-24-20)17-10-4-1-5-11-17)23-25(18-12-6-2-7-13-18)19-14-8-3-9-15-19/h1-15,21H,16H2,(H,23,26)/t21-/m1/s1. The second-order valence-electron chi connectivity index (χ2n) is 6.19. The maximum Gasteiger partial charge on any atom is 0.288 e. The molecule has 1 aliphatic heterocycles. The summed E-state index contributed by atoms with van der Waals surface area (Å²) < 4.78 is 0. The second kappa shape index (κ2) is 7.74. The van der Waals surface area contributed by atoms with Crippen LogP contribution < -0.4 is 10.4 Å². The molecule has 1 atom stereocenters. The average molecular weight is 357 g/mol. The van der Waals surface area contributed by atoms with E-state index in [1.807, 2.05) is 91.0 Å². The number of oxime groups is 1. The number of carbonyl (C=O) groups is 1. The Hall–Kier alpha value is -3.60. The summed E-state index contributed by atoms with van der Waals surface area (Å²) in [5, 5.41) is 5.76. The smallest absolute Gasteiger partial charge is 0.288 e. The summed E-state index contributed by atoms with van der Waals surface area (Å²) in [6.07, 6.45) is 0.210. The van der Waals surface area contributed by atoms with Crippen LogP contribution in [-0.4, -0.2) is 11.6 Å².